The van der Waals surface area contributed by atoms with E-state index in [4.69, 9.17) is 28.3 Å². The van der Waals surface area contributed by atoms with E-state index < -0.39 is 0 Å². The van der Waals surface area contributed by atoms with Crippen molar-refractivity contribution in [2.75, 3.05) is 13.2 Å². The minimum absolute atomic E-state index is 0.0536. The number of nitrogens with one attached hydrogen (secondary N) is 1. The first-order valence-electron chi connectivity index (χ1n) is 5.55. The molecule has 0 saturated heterocycles. The summed E-state index contributed by atoms with van der Waals surface area (Å²) in [6.07, 6.45) is 2.11. The largest absolute Gasteiger partial charge is 0.506 e. The predicted molar refractivity (Wildman–Crippen MR) is 68.6 cm³/mol. The molecule has 0 aromatic heterocycles. The Morgan fingerprint density at radius 3 is 2.59 bits per heavy atom. The smallest absolute Gasteiger partial charge is 0.138 e. The van der Waals surface area contributed by atoms with Gasteiger partial charge in [0.15, 0.2) is 0 Å². The van der Waals surface area contributed by atoms with Gasteiger partial charge in [0.2, 0.25) is 0 Å². The van der Waals surface area contributed by atoms with Gasteiger partial charge in [0.25, 0.3) is 0 Å². The van der Waals surface area contributed by atoms with E-state index >= 15 is 0 Å². The molecule has 5 heteroatoms. The lowest BCUT2D eigenvalue weighted by atomic mass is 10.1. The fourth-order valence-corrected chi connectivity index (χ4v) is 2.32. The van der Waals surface area contributed by atoms with Gasteiger partial charge in [-0.1, -0.05) is 23.2 Å². The van der Waals surface area contributed by atoms with Crippen molar-refractivity contribution in [1.82, 2.24) is 5.32 Å². The van der Waals surface area contributed by atoms with Gasteiger partial charge in [0.1, 0.15) is 5.75 Å². The second kappa shape index (κ2) is 5.02. The van der Waals surface area contributed by atoms with Gasteiger partial charge in [0.05, 0.1) is 5.02 Å². The van der Waals surface area contributed by atoms with E-state index in [0.717, 1.165) is 19.4 Å². The van der Waals surface area contributed by atoms with Crippen LogP contribution in [0.3, 0.4) is 0 Å². The van der Waals surface area contributed by atoms with E-state index in [1.165, 1.54) is 6.07 Å². The number of phenols is 1. The molecule has 1 aliphatic carbocycles. The Balaban J connectivity index is 1.95. The number of hydrogen-bond donors (Lipinski definition) is 3. The predicted octanol–water partition coefficient (Wildman–Crippen LogP) is 2.56. The van der Waals surface area contributed by atoms with Crippen molar-refractivity contribution in [1.29, 1.82) is 0 Å². The number of hydrogen-bond acceptors (Lipinski definition) is 3. The highest BCUT2D eigenvalue weighted by atomic mass is 35.5. The Labute approximate surface area is 110 Å². The van der Waals surface area contributed by atoms with Crippen LogP contribution in [0, 0.1) is 5.41 Å². The zero-order valence-corrected chi connectivity index (χ0v) is 10.9. The molecule has 0 spiro atoms. The van der Waals surface area contributed by atoms with E-state index in [0.29, 0.717) is 17.1 Å². The maximum atomic E-state index is 9.74. The highest BCUT2D eigenvalue weighted by Crippen LogP contribution is 2.44. The van der Waals surface area contributed by atoms with Crippen molar-refractivity contribution in [3.05, 3.63) is 27.7 Å². The maximum Gasteiger partial charge on any atom is 0.138 e. The highest BCUT2D eigenvalue weighted by Gasteiger charge is 2.41. The summed E-state index contributed by atoms with van der Waals surface area (Å²) in [5, 5.41) is 22.9. The van der Waals surface area contributed by atoms with Gasteiger partial charge in [-0.05, 0) is 25.0 Å². The monoisotopic (exact) mass is 275 g/mol. The molecule has 94 valence electrons. The number of aromatic hydroxyl groups is 1. The molecule has 0 atom stereocenters. The van der Waals surface area contributed by atoms with Crippen LogP contribution in [-0.2, 0) is 6.54 Å². The van der Waals surface area contributed by atoms with Gasteiger partial charge in [-0.15, -0.1) is 0 Å². The number of halogens is 2. The standard InChI is InChI=1S/C12H15Cl2NO2/c13-9-3-8(11(17)10(14)4-9)5-15-6-12(7-16)1-2-12/h3-4,15-17H,1-2,5-7H2. The molecule has 0 bridgehead atoms. The summed E-state index contributed by atoms with van der Waals surface area (Å²) >= 11 is 11.7. The highest BCUT2D eigenvalue weighted by molar-refractivity contribution is 6.35. The average molecular weight is 276 g/mol. The third-order valence-electron chi connectivity index (χ3n) is 3.22. The molecular formula is C12H15Cl2NO2. The topological polar surface area (TPSA) is 52.5 Å². The van der Waals surface area contributed by atoms with Crippen LogP contribution in [0.4, 0.5) is 0 Å². The van der Waals surface area contributed by atoms with Crippen LogP contribution in [0.1, 0.15) is 18.4 Å². The van der Waals surface area contributed by atoms with E-state index in [2.05, 4.69) is 5.32 Å². The van der Waals surface area contributed by atoms with Crippen LogP contribution in [0.5, 0.6) is 5.75 Å². The van der Waals surface area contributed by atoms with Crippen molar-refractivity contribution >= 4 is 23.2 Å². The minimum Gasteiger partial charge on any atom is -0.506 e. The number of phenolic OH excluding ortho intramolecular Hbond substituents is 1. The molecule has 2 rings (SSSR count). The molecule has 0 heterocycles. The molecule has 1 saturated carbocycles. The van der Waals surface area contributed by atoms with Gasteiger partial charge in [0, 0.05) is 35.7 Å². The van der Waals surface area contributed by atoms with Gasteiger partial charge in [-0.2, -0.15) is 0 Å². The van der Waals surface area contributed by atoms with Gasteiger partial charge in [-0.3, -0.25) is 0 Å². The van der Waals surface area contributed by atoms with Crippen LogP contribution in [-0.4, -0.2) is 23.4 Å². The molecule has 0 radical (unpaired) electrons. The Morgan fingerprint density at radius 2 is 2.00 bits per heavy atom. The summed E-state index contributed by atoms with van der Waals surface area (Å²) < 4.78 is 0. The number of rotatable bonds is 5. The molecular weight excluding hydrogens is 261 g/mol. The molecule has 1 aromatic rings. The zero-order valence-electron chi connectivity index (χ0n) is 9.34. The third kappa shape index (κ3) is 3.05. The van der Waals surface area contributed by atoms with Crippen molar-refractivity contribution < 1.29 is 10.2 Å². The second-order valence-corrected chi connectivity index (χ2v) is 5.50. The molecule has 0 amide bonds. The van der Waals surface area contributed by atoms with E-state index in [1.807, 2.05) is 0 Å². The molecule has 1 aliphatic rings. The van der Waals surface area contributed by atoms with Crippen molar-refractivity contribution in [3.63, 3.8) is 0 Å². The number of aliphatic hydroxyl groups is 1. The molecule has 3 N–H and O–H groups in total. The maximum absolute atomic E-state index is 9.74. The fourth-order valence-electron chi connectivity index (χ4n) is 1.78. The van der Waals surface area contributed by atoms with Crippen LogP contribution >= 0.6 is 23.2 Å². The van der Waals surface area contributed by atoms with Gasteiger partial charge >= 0.3 is 0 Å². The SMILES string of the molecule is OCC1(CNCc2cc(Cl)cc(Cl)c2O)CC1. The fraction of sp³-hybridized carbons (Fsp3) is 0.500. The molecule has 1 fully saturated rings. The lowest BCUT2D eigenvalue weighted by Crippen LogP contribution is -2.26. The van der Waals surface area contributed by atoms with Gasteiger partial charge < -0.3 is 15.5 Å². The van der Waals surface area contributed by atoms with Crippen molar-refractivity contribution in [2.24, 2.45) is 5.41 Å². The summed E-state index contributed by atoms with van der Waals surface area (Å²) in [7, 11) is 0. The molecule has 0 unspecified atom stereocenters. The summed E-state index contributed by atoms with van der Waals surface area (Å²) in [5.41, 5.74) is 0.731. The van der Waals surface area contributed by atoms with Crippen LogP contribution in [0.25, 0.3) is 0 Å². The lowest BCUT2D eigenvalue weighted by molar-refractivity contribution is 0.207. The van der Waals surface area contributed by atoms with Crippen LogP contribution < -0.4 is 5.32 Å². The van der Waals surface area contributed by atoms with E-state index in [1.54, 1.807) is 6.07 Å². The van der Waals surface area contributed by atoms with Crippen molar-refractivity contribution in [3.8, 4) is 5.75 Å². The quantitative estimate of drug-likeness (QED) is 0.774. The number of aliphatic hydroxyl groups excluding tert-OH is 1. The van der Waals surface area contributed by atoms with Crippen LogP contribution in [0.2, 0.25) is 10.0 Å². The first kappa shape index (κ1) is 13.0. The second-order valence-electron chi connectivity index (χ2n) is 4.66. The number of benzene rings is 1. The first-order chi connectivity index (χ1) is 8.06. The molecule has 17 heavy (non-hydrogen) atoms. The normalized spacial score (nSPS) is 17.1. The van der Waals surface area contributed by atoms with E-state index in [9.17, 15) is 5.11 Å². The zero-order chi connectivity index (χ0) is 12.5. The van der Waals surface area contributed by atoms with Crippen molar-refractivity contribution in [2.45, 2.75) is 19.4 Å². The Hall–Kier alpha value is -0.480. The van der Waals surface area contributed by atoms with Gasteiger partial charge in [-0.25, -0.2) is 0 Å². The Kier molecular flexibility index (Phi) is 3.83. The molecule has 3 nitrogen and oxygen atoms in total. The Bertz CT molecular complexity index is 419. The van der Waals surface area contributed by atoms with Crippen LogP contribution in [0.15, 0.2) is 12.1 Å². The minimum atomic E-state index is 0.0536. The molecule has 0 aliphatic heterocycles. The summed E-state index contributed by atoms with van der Waals surface area (Å²) in [6, 6.07) is 3.20. The third-order valence-corrected chi connectivity index (χ3v) is 3.72. The summed E-state index contributed by atoms with van der Waals surface area (Å²) in [4.78, 5) is 0. The average Bonchev–Trinajstić information content (AvgIpc) is 3.06. The summed E-state index contributed by atoms with van der Waals surface area (Å²) in [5.74, 6) is 0.0670. The van der Waals surface area contributed by atoms with E-state index in [-0.39, 0.29) is 22.8 Å². The molecule has 1 aromatic carbocycles. The first-order valence-corrected chi connectivity index (χ1v) is 6.30. The Morgan fingerprint density at radius 1 is 1.29 bits per heavy atom. The lowest BCUT2D eigenvalue weighted by Gasteiger charge is -2.13. The summed E-state index contributed by atoms with van der Waals surface area (Å²) in [6.45, 7) is 1.45.